The van der Waals surface area contributed by atoms with E-state index in [2.05, 4.69) is 20.4 Å². The van der Waals surface area contributed by atoms with E-state index in [4.69, 9.17) is 4.74 Å². The maximum absolute atomic E-state index is 11.7. The van der Waals surface area contributed by atoms with E-state index in [0.717, 1.165) is 12.8 Å². The lowest BCUT2D eigenvalue weighted by Gasteiger charge is -2.45. The number of fused-ring (bicyclic) bond motifs is 3. The Labute approximate surface area is 103 Å². The van der Waals surface area contributed by atoms with Gasteiger partial charge >= 0.3 is 5.97 Å². The second-order valence-electron chi connectivity index (χ2n) is 6.10. The lowest BCUT2D eigenvalue weighted by Crippen LogP contribution is -2.39. The minimum Gasteiger partial charge on any atom is -0.454 e. The zero-order valence-electron chi connectivity index (χ0n) is 10.7. The summed E-state index contributed by atoms with van der Waals surface area (Å²) in [6.07, 6.45) is 5.93. The van der Waals surface area contributed by atoms with Crippen molar-refractivity contribution in [2.75, 3.05) is 0 Å². The van der Waals surface area contributed by atoms with Gasteiger partial charge < -0.3 is 4.74 Å². The van der Waals surface area contributed by atoms with Gasteiger partial charge in [0.1, 0.15) is 6.10 Å². The van der Waals surface area contributed by atoms with E-state index in [1.165, 1.54) is 30.4 Å². The molecule has 2 nitrogen and oxygen atoms in total. The molecule has 0 N–H and O–H groups in total. The van der Waals surface area contributed by atoms with Crippen molar-refractivity contribution < 1.29 is 9.53 Å². The number of carbonyl (C=O) groups is 1. The summed E-state index contributed by atoms with van der Waals surface area (Å²) in [6, 6.07) is 0. The van der Waals surface area contributed by atoms with E-state index in [-0.39, 0.29) is 23.4 Å². The third-order valence-corrected chi connectivity index (χ3v) is 4.99. The maximum Gasteiger partial charge on any atom is 0.334 e. The van der Waals surface area contributed by atoms with Gasteiger partial charge in [-0.2, -0.15) is 0 Å². The Morgan fingerprint density at radius 2 is 2.18 bits per heavy atom. The summed E-state index contributed by atoms with van der Waals surface area (Å²) in [6.45, 7) is 8.46. The second kappa shape index (κ2) is 3.47. The highest BCUT2D eigenvalue weighted by Crippen LogP contribution is 2.55. The average molecular weight is 232 g/mol. The molecule has 3 rings (SSSR count). The molecule has 0 aromatic carbocycles. The number of hydrogen-bond donors (Lipinski definition) is 0. The molecule has 1 heterocycles. The quantitative estimate of drug-likeness (QED) is 0.363. The van der Waals surface area contributed by atoms with Crippen LogP contribution in [0.2, 0.25) is 0 Å². The average Bonchev–Trinajstić information content (AvgIpc) is 2.54. The molecule has 0 spiro atoms. The standard InChI is InChI=1S/C15H20O2/c1-9-5-4-7-15(3)8-6-11-10(2)14(16)17-13(11)12(9)15/h11,13H,2,4-8H2,1,3H3/t11-,13+,15+/m0/s1. The maximum atomic E-state index is 11.7. The van der Waals surface area contributed by atoms with Crippen molar-refractivity contribution in [2.24, 2.45) is 11.3 Å². The lowest BCUT2D eigenvalue weighted by molar-refractivity contribution is -0.138. The summed E-state index contributed by atoms with van der Waals surface area (Å²) in [5, 5.41) is 0. The van der Waals surface area contributed by atoms with Gasteiger partial charge in [-0.15, -0.1) is 0 Å². The molecular weight excluding hydrogens is 212 g/mol. The normalized spacial score (nSPS) is 41.1. The van der Waals surface area contributed by atoms with Crippen molar-refractivity contribution in [2.45, 2.75) is 52.1 Å². The van der Waals surface area contributed by atoms with Crippen LogP contribution >= 0.6 is 0 Å². The van der Waals surface area contributed by atoms with Crippen LogP contribution in [-0.4, -0.2) is 12.1 Å². The van der Waals surface area contributed by atoms with Crippen LogP contribution in [0.1, 0.15) is 46.0 Å². The third kappa shape index (κ3) is 1.42. The fourth-order valence-corrected chi connectivity index (χ4v) is 4.04. The summed E-state index contributed by atoms with van der Waals surface area (Å²) in [7, 11) is 0. The van der Waals surface area contributed by atoms with Crippen LogP contribution in [0.4, 0.5) is 0 Å². The van der Waals surface area contributed by atoms with Gasteiger partial charge in [-0.05, 0) is 50.0 Å². The summed E-state index contributed by atoms with van der Waals surface area (Å²) in [5.41, 5.74) is 3.85. The summed E-state index contributed by atoms with van der Waals surface area (Å²) in [4.78, 5) is 11.7. The largest absolute Gasteiger partial charge is 0.454 e. The highest BCUT2D eigenvalue weighted by Gasteiger charge is 2.51. The number of esters is 1. The minimum atomic E-state index is -0.171. The number of hydrogen-bond acceptors (Lipinski definition) is 2. The molecular formula is C15H20O2. The van der Waals surface area contributed by atoms with Crippen molar-refractivity contribution in [3.63, 3.8) is 0 Å². The Morgan fingerprint density at radius 1 is 1.41 bits per heavy atom. The molecule has 17 heavy (non-hydrogen) atoms. The van der Waals surface area contributed by atoms with Crippen LogP contribution < -0.4 is 0 Å². The van der Waals surface area contributed by atoms with Crippen LogP contribution in [0.5, 0.6) is 0 Å². The molecule has 92 valence electrons. The van der Waals surface area contributed by atoms with E-state index < -0.39 is 0 Å². The highest BCUT2D eigenvalue weighted by atomic mass is 16.6. The van der Waals surface area contributed by atoms with Gasteiger partial charge in [0.15, 0.2) is 0 Å². The monoisotopic (exact) mass is 232 g/mol. The summed E-state index contributed by atoms with van der Waals surface area (Å²) < 4.78 is 5.59. The van der Waals surface area contributed by atoms with Crippen molar-refractivity contribution in [1.82, 2.24) is 0 Å². The fraction of sp³-hybridized carbons (Fsp3) is 0.667. The molecule has 0 amide bonds. The molecule has 1 saturated carbocycles. The van der Waals surface area contributed by atoms with Gasteiger partial charge in [0.25, 0.3) is 0 Å². The van der Waals surface area contributed by atoms with Gasteiger partial charge in [0.2, 0.25) is 0 Å². The smallest absolute Gasteiger partial charge is 0.334 e. The summed E-state index contributed by atoms with van der Waals surface area (Å²) in [5.74, 6) is 0.0775. The van der Waals surface area contributed by atoms with Gasteiger partial charge in [0, 0.05) is 11.5 Å². The minimum absolute atomic E-state index is 0.00838. The Balaban J connectivity index is 2.06. The SMILES string of the molecule is C=C1C(=O)O[C@H]2C3=C(C)CCC[C@]3(C)CC[C@@H]12. The van der Waals surface area contributed by atoms with E-state index in [1.807, 2.05) is 0 Å². The van der Waals surface area contributed by atoms with E-state index in [9.17, 15) is 4.79 Å². The molecule has 0 aromatic rings. The zero-order chi connectivity index (χ0) is 12.2. The molecule has 3 atom stereocenters. The van der Waals surface area contributed by atoms with Crippen molar-refractivity contribution in [3.8, 4) is 0 Å². The molecule has 0 aromatic heterocycles. The molecule has 2 heteroatoms. The topological polar surface area (TPSA) is 26.3 Å². The van der Waals surface area contributed by atoms with E-state index in [0.29, 0.717) is 5.57 Å². The van der Waals surface area contributed by atoms with Crippen molar-refractivity contribution in [3.05, 3.63) is 23.3 Å². The van der Waals surface area contributed by atoms with E-state index in [1.54, 1.807) is 0 Å². The van der Waals surface area contributed by atoms with Crippen LogP contribution in [0.15, 0.2) is 23.3 Å². The molecule has 3 aliphatic rings. The first-order valence-corrected chi connectivity index (χ1v) is 6.63. The van der Waals surface area contributed by atoms with Crippen LogP contribution in [-0.2, 0) is 9.53 Å². The number of allylic oxidation sites excluding steroid dienone is 1. The molecule has 2 fully saturated rings. The highest BCUT2D eigenvalue weighted by molar-refractivity contribution is 5.91. The Hall–Kier alpha value is -1.05. The van der Waals surface area contributed by atoms with Crippen LogP contribution in [0, 0.1) is 11.3 Å². The van der Waals surface area contributed by atoms with E-state index >= 15 is 0 Å². The lowest BCUT2D eigenvalue weighted by atomic mass is 9.60. The van der Waals surface area contributed by atoms with Gasteiger partial charge in [-0.1, -0.05) is 19.1 Å². The zero-order valence-corrected chi connectivity index (χ0v) is 10.7. The molecule has 0 radical (unpaired) electrons. The molecule has 0 unspecified atom stereocenters. The van der Waals surface area contributed by atoms with Crippen molar-refractivity contribution >= 4 is 5.97 Å². The number of ether oxygens (including phenoxy) is 1. The third-order valence-electron chi connectivity index (χ3n) is 4.99. The number of carbonyl (C=O) groups excluding carboxylic acids is 1. The van der Waals surface area contributed by atoms with Gasteiger partial charge in [-0.25, -0.2) is 4.79 Å². The molecule has 0 bridgehead atoms. The molecule has 1 saturated heterocycles. The molecule has 1 aliphatic heterocycles. The second-order valence-corrected chi connectivity index (χ2v) is 6.10. The predicted octanol–water partition coefficient (Wildman–Crippen LogP) is 3.38. The number of rotatable bonds is 0. The Morgan fingerprint density at radius 3 is 2.94 bits per heavy atom. The van der Waals surface area contributed by atoms with Gasteiger partial charge in [0.05, 0.1) is 0 Å². The first kappa shape index (κ1) is 11.1. The summed E-state index contributed by atoms with van der Waals surface area (Å²) >= 11 is 0. The van der Waals surface area contributed by atoms with Crippen molar-refractivity contribution in [1.29, 1.82) is 0 Å². The van der Waals surface area contributed by atoms with Crippen LogP contribution in [0.25, 0.3) is 0 Å². The fourth-order valence-electron chi connectivity index (χ4n) is 4.04. The first-order valence-electron chi connectivity index (χ1n) is 6.63. The Kier molecular flexibility index (Phi) is 2.26. The molecule has 2 aliphatic carbocycles. The Bertz CT molecular complexity index is 432. The van der Waals surface area contributed by atoms with Gasteiger partial charge in [-0.3, -0.25) is 0 Å². The first-order chi connectivity index (χ1) is 8.03. The van der Waals surface area contributed by atoms with Crippen LogP contribution in [0.3, 0.4) is 0 Å². The predicted molar refractivity (Wildman–Crippen MR) is 66.4 cm³/mol.